The van der Waals surface area contributed by atoms with Crippen molar-refractivity contribution in [3.05, 3.63) is 30.1 Å². The van der Waals surface area contributed by atoms with E-state index in [4.69, 9.17) is 5.11 Å². The Labute approximate surface area is 46.4 Å². The Kier molecular flexibility index (Phi) is 1.16. The lowest BCUT2D eigenvalue weighted by molar-refractivity contribution is 0.432. The number of hydrogen-bond acceptors (Lipinski definition) is 1. The number of halogens is 1. The number of benzene rings is 1. The second-order valence-corrected chi connectivity index (χ2v) is 1.45. The van der Waals surface area contributed by atoms with Crippen LogP contribution in [-0.2, 0) is 0 Å². The van der Waals surface area contributed by atoms with Crippen LogP contribution < -0.4 is 0 Å². The van der Waals surface area contributed by atoms with E-state index in [1.54, 1.807) is 6.07 Å². The minimum atomic E-state index is -0.576. The summed E-state index contributed by atoms with van der Waals surface area (Å²) in [4.78, 5) is 0. The van der Waals surface area contributed by atoms with Gasteiger partial charge in [0, 0.05) is 0 Å². The molecule has 0 amide bonds. The fraction of sp³-hybridized carbons (Fsp3) is 0. The lowest BCUT2D eigenvalue weighted by atomic mass is 10.3. The summed E-state index contributed by atoms with van der Waals surface area (Å²) in [6.45, 7) is 0. The van der Waals surface area contributed by atoms with Gasteiger partial charge in [0.1, 0.15) is 0 Å². The number of phenols is 1. The Bertz CT molecular complexity index is 165. The van der Waals surface area contributed by atoms with E-state index in [1.807, 2.05) is 0 Å². The van der Waals surface area contributed by atoms with Gasteiger partial charge in [-0.2, -0.15) is 0 Å². The molecule has 0 radical (unpaired) electrons. The highest BCUT2D eigenvalue weighted by Crippen LogP contribution is 2.11. The zero-order valence-corrected chi connectivity index (χ0v) is 4.13. The van der Waals surface area contributed by atoms with Gasteiger partial charge in [0.15, 0.2) is 11.6 Å². The molecule has 0 aliphatic rings. The van der Waals surface area contributed by atoms with Crippen LogP contribution in [0.3, 0.4) is 0 Å². The molecule has 0 unspecified atom stereocenters. The summed E-state index contributed by atoms with van der Waals surface area (Å²) in [5.41, 5.74) is 0. The molecule has 1 aromatic rings. The summed E-state index contributed by atoms with van der Waals surface area (Å²) >= 11 is 0. The van der Waals surface area contributed by atoms with E-state index in [0.29, 0.717) is 0 Å². The number of rotatable bonds is 0. The van der Waals surface area contributed by atoms with Gasteiger partial charge in [-0.1, -0.05) is 12.1 Å². The molecule has 2 heteroatoms. The first-order valence-electron chi connectivity index (χ1n) is 2.24. The predicted octanol–water partition coefficient (Wildman–Crippen LogP) is 1.53. The van der Waals surface area contributed by atoms with Gasteiger partial charge in [-0.05, 0) is 12.1 Å². The molecule has 1 rings (SSSR count). The quantitative estimate of drug-likeness (QED) is 0.538. The van der Waals surface area contributed by atoms with Crippen molar-refractivity contribution in [3.8, 4) is 5.75 Å². The molecule has 1 N–H and O–H groups in total. The Morgan fingerprint density at radius 2 is 1.88 bits per heavy atom. The van der Waals surface area contributed by atoms with Crippen LogP contribution in [0.1, 0.15) is 0 Å². The lowest BCUT2D eigenvalue weighted by Crippen LogP contribution is -1.70. The largest absolute Gasteiger partial charge is 0.505 e. The summed E-state index contributed by atoms with van der Waals surface area (Å²) in [6, 6.07) is 5.60. The van der Waals surface area contributed by atoms with Crippen LogP contribution in [0, 0.1) is 5.82 Å². The fourth-order valence-corrected chi connectivity index (χ4v) is 0.452. The SMILES string of the molecule is Oc1ccccc1[18F]. The third-order valence-corrected chi connectivity index (χ3v) is 0.852. The molecule has 0 saturated carbocycles. The van der Waals surface area contributed by atoms with Gasteiger partial charge in [0.25, 0.3) is 0 Å². The van der Waals surface area contributed by atoms with Crippen molar-refractivity contribution in [3.63, 3.8) is 0 Å². The van der Waals surface area contributed by atoms with Crippen LogP contribution in [0.15, 0.2) is 24.3 Å². The molecule has 0 saturated heterocycles. The molecule has 0 heterocycles. The van der Waals surface area contributed by atoms with Crippen molar-refractivity contribution in [2.45, 2.75) is 0 Å². The third kappa shape index (κ3) is 0.780. The summed E-state index contributed by atoms with van der Waals surface area (Å²) in [5, 5.41) is 8.54. The number of phenolic OH excluding ortho intramolecular Hbond substituents is 1. The smallest absolute Gasteiger partial charge is 0.164 e. The van der Waals surface area contributed by atoms with Gasteiger partial charge in [0.05, 0.1) is 0 Å². The van der Waals surface area contributed by atoms with Crippen molar-refractivity contribution in [2.75, 3.05) is 0 Å². The highest BCUT2D eigenvalue weighted by atomic mass is 18.2. The van der Waals surface area contributed by atoms with E-state index in [2.05, 4.69) is 0 Å². The first-order chi connectivity index (χ1) is 3.80. The molecule has 8 heavy (non-hydrogen) atoms. The van der Waals surface area contributed by atoms with Gasteiger partial charge in [0.2, 0.25) is 0 Å². The summed E-state index contributed by atoms with van der Waals surface area (Å²) < 4.78 is 12.1. The van der Waals surface area contributed by atoms with Crippen LogP contribution in [0.2, 0.25) is 0 Å². The van der Waals surface area contributed by atoms with Crippen molar-refractivity contribution in [1.82, 2.24) is 0 Å². The van der Waals surface area contributed by atoms with Crippen LogP contribution in [0.25, 0.3) is 0 Å². The van der Waals surface area contributed by atoms with Gasteiger partial charge in [-0.25, -0.2) is 4.39 Å². The maximum Gasteiger partial charge on any atom is 0.164 e. The average molecular weight is 111 g/mol. The number of hydrogen-bond donors (Lipinski definition) is 1. The molecule has 1 aromatic carbocycles. The van der Waals surface area contributed by atoms with Crippen molar-refractivity contribution in [1.29, 1.82) is 0 Å². The maximum atomic E-state index is 12.1. The summed E-state index contributed by atoms with van der Waals surface area (Å²) in [6.07, 6.45) is 0. The molecule has 1 nitrogen and oxygen atoms in total. The Balaban J connectivity index is 3.13. The molecule has 0 atom stereocenters. The van der Waals surface area contributed by atoms with Gasteiger partial charge in [-0.3, -0.25) is 0 Å². The number of para-hydroxylation sites is 1. The standard InChI is InChI=1S/C6H5FO/c7-5-3-1-2-4-6(5)8/h1-4,8H/i7-1. The van der Waals surface area contributed by atoms with Gasteiger partial charge >= 0.3 is 0 Å². The van der Waals surface area contributed by atoms with Gasteiger partial charge in [-0.15, -0.1) is 0 Å². The summed E-state index contributed by atoms with van der Waals surface area (Å²) in [7, 11) is 0. The minimum Gasteiger partial charge on any atom is -0.505 e. The van der Waals surface area contributed by atoms with Crippen LogP contribution in [-0.4, -0.2) is 5.11 Å². The molecule has 0 fully saturated rings. The zero-order chi connectivity index (χ0) is 5.98. The average Bonchev–Trinajstić information content (AvgIpc) is 1.77. The highest BCUT2D eigenvalue weighted by Gasteiger charge is 1.91. The molecule has 42 valence electrons. The molecule has 0 aliphatic carbocycles. The first-order valence-corrected chi connectivity index (χ1v) is 2.24. The Hall–Kier alpha value is -1.05. The van der Waals surface area contributed by atoms with E-state index < -0.39 is 5.82 Å². The molecule has 0 aromatic heterocycles. The predicted molar refractivity (Wildman–Crippen MR) is 28.1 cm³/mol. The second kappa shape index (κ2) is 1.82. The van der Waals surface area contributed by atoms with E-state index in [9.17, 15) is 4.39 Å². The molecule has 0 aliphatic heterocycles. The van der Waals surface area contributed by atoms with E-state index in [-0.39, 0.29) is 5.75 Å². The number of aromatic hydroxyl groups is 1. The van der Waals surface area contributed by atoms with Crippen LogP contribution in [0.5, 0.6) is 5.75 Å². The minimum absolute atomic E-state index is 0.299. The van der Waals surface area contributed by atoms with Crippen molar-refractivity contribution in [2.24, 2.45) is 0 Å². The lowest BCUT2D eigenvalue weighted by Gasteiger charge is -1.88. The van der Waals surface area contributed by atoms with E-state index in [1.165, 1.54) is 18.2 Å². The zero-order valence-electron chi connectivity index (χ0n) is 4.13. The van der Waals surface area contributed by atoms with Crippen molar-refractivity contribution >= 4 is 0 Å². The van der Waals surface area contributed by atoms with Crippen LogP contribution >= 0.6 is 0 Å². The molecule has 0 bridgehead atoms. The monoisotopic (exact) mass is 111 g/mol. The molecule has 0 spiro atoms. The van der Waals surface area contributed by atoms with E-state index >= 15 is 0 Å². The molecular weight excluding hydrogens is 106 g/mol. The highest BCUT2D eigenvalue weighted by molar-refractivity contribution is 5.21. The Morgan fingerprint density at radius 1 is 1.25 bits per heavy atom. The van der Waals surface area contributed by atoms with E-state index in [0.717, 1.165) is 0 Å². The second-order valence-electron chi connectivity index (χ2n) is 1.45. The summed E-state index contributed by atoms with van der Waals surface area (Å²) in [5.74, 6) is -0.875. The fourth-order valence-electron chi connectivity index (χ4n) is 0.452. The first kappa shape index (κ1) is 5.09. The maximum absolute atomic E-state index is 12.1. The van der Waals surface area contributed by atoms with Gasteiger partial charge < -0.3 is 5.11 Å². The molecular formula is C6H5FO. The normalized spacial score (nSPS) is 9.12. The Morgan fingerprint density at radius 3 is 2.25 bits per heavy atom. The topological polar surface area (TPSA) is 20.2 Å². The van der Waals surface area contributed by atoms with Crippen LogP contribution in [0.4, 0.5) is 4.39 Å². The third-order valence-electron chi connectivity index (χ3n) is 0.852. The van der Waals surface area contributed by atoms with Crippen molar-refractivity contribution < 1.29 is 9.50 Å².